The Balaban J connectivity index is 1.24. The summed E-state index contributed by atoms with van der Waals surface area (Å²) in [5.41, 5.74) is 0.142. The average Bonchev–Trinajstić information content (AvgIpc) is 3.38. The SMILES string of the molecule is CC(C)(C)OC(=O)N1CCC2(CC1)CC2CNC(=O)Nc1ccc2cc[nH]c(=O)c2c1. The van der Waals surface area contributed by atoms with Crippen molar-refractivity contribution in [3.63, 3.8) is 0 Å². The smallest absolute Gasteiger partial charge is 0.410 e. The van der Waals surface area contributed by atoms with Crippen molar-refractivity contribution in [1.29, 1.82) is 0 Å². The molecule has 3 N–H and O–H groups in total. The predicted molar refractivity (Wildman–Crippen MR) is 119 cm³/mol. The number of benzene rings is 1. The first kappa shape index (κ1) is 21.2. The van der Waals surface area contributed by atoms with Gasteiger partial charge in [0.1, 0.15) is 5.60 Å². The second kappa shape index (κ2) is 7.90. The van der Waals surface area contributed by atoms with Gasteiger partial charge < -0.3 is 25.3 Å². The van der Waals surface area contributed by atoms with Crippen molar-refractivity contribution in [3.8, 4) is 0 Å². The molecule has 0 radical (unpaired) electrons. The van der Waals surface area contributed by atoms with Gasteiger partial charge in [-0.3, -0.25) is 4.79 Å². The molecule has 1 aliphatic heterocycles. The summed E-state index contributed by atoms with van der Waals surface area (Å²) in [6.45, 7) is 7.62. The fourth-order valence-corrected chi connectivity index (χ4v) is 4.45. The van der Waals surface area contributed by atoms with Crippen molar-refractivity contribution < 1.29 is 14.3 Å². The molecule has 8 heteroatoms. The highest BCUT2D eigenvalue weighted by Crippen LogP contribution is 2.59. The number of likely N-dealkylation sites (tertiary alicyclic amines) is 1. The third-order valence-electron chi connectivity index (χ3n) is 6.31. The maximum absolute atomic E-state index is 12.3. The van der Waals surface area contributed by atoms with Gasteiger partial charge in [-0.2, -0.15) is 0 Å². The number of rotatable bonds is 3. The van der Waals surface area contributed by atoms with Crippen molar-refractivity contribution >= 4 is 28.6 Å². The molecule has 1 saturated carbocycles. The fraction of sp³-hybridized carbons (Fsp3) is 0.522. The van der Waals surface area contributed by atoms with Crippen LogP contribution < -0.4 is 16.2 Å². The quantitative estimate of drug-likeness (QED) is 0.696. The normalized spacial score (nSPS) is 19.8. The van der Waals surface area contributed by atoms with Gasteiger partial charge in [-0.15, -0.1) is 0 Å². The van der Waals surface area contributed by atoms with Crippen LogP contribution in [-0.2, 0) is 4.74 Å². The molecule has 3 amide bonds. The van der Waals surface area contributed by atoms with Gasteiger partial charge in [0.05, 0.1) is 0 Å². The third kappa shape index (κ3) is 4.84. The number of ether oxygens (including phenoxy) is 1. The van der Waals surface area contributed by atoms with Gasteiger partial charge in [-0.25, -0.2) is 9.59 Å². The van der Waals surface area contributed by atoms with E-state index in [9.17, 15) is 14.4 Å². The largest absolute Gasteiger partial charge is 0.444 e. The molecule has 2 heterocycles. The molecule has 8 nitrogen and oxygen atoms in total. The number of anilines is 1. The number of H-pyrrole nitrogens is 1. The van der Waals surface area contributed by atoms with E-state index in [1.807, 2.05) is 32.9 Å². The van der Waals surface area contributed by atoms with Crippen molar-refractivity contribution in [1.82, 2.24) is 15.2 Å². The van der Waals surface area contributed by atoms with Crippen LogP contribution in [0.1, 0.15) is 40.0 Å². The zero-order chi connectivity index (χ0) is 22.2. The number of piperidine rings is 1. The number of fused-ring (bicyclic) bond motifs is 1. The van der Waals surface area contributed by atoms with Crippen LogP contribution in [0.4, 0.5) is 15.3 Å². The Hall–Kier alpha value is -3.03. The van der Waals surface area contributed by atoms with E-state index in [2.05, 4.69) is 15.6 Å². The molecule has 1 aromatic heterocycles. The molecule has 1 unspecified atom stereocenters. The zero-order valence-corrected chi connectivity index (χ0v) is 18.3. The van der Waals surface area contributed by atoms with Gasteiger partial charge in [0, 0.05) is 36.9 Å². The fourth-order valence-electron chi connectivity index (χ4n) is 4.45. The first-order valence-electron chi connectivity index (χ1n) is 10.8. The maximum atomic E-state index is 12.3. The minimum absolute atomic E-state index is 0.181. The number of carbonyl (C=O) groups excluding carboxylic acids is 2. The molecule has 1 atom stereocenters. The van der Waals surface area contributed by atoms with Crippen LogP contribution in [0, 0.1) is 11.3 Å². The Morgan fingerprint density at radius 2 is 1.97 bits per heavy atom. The van der Waals surface area contributed by atoms with Gasteiger partial charge in [-0.1, -0.05) is 6.07 Å². The van der Waals surface area contributed by atoms with Crippen molar-refractivity contribution in [2.75, 3.05) is 25.0 Å². The van der Waals surface area contributed by atoms with Gasteiger partial charge in [-0.05, 0) is 75.0 Å². The van der Waals surface area contributed by atoms with Crippen molar-refractivity contribution in [3.05, 3.63) is 40.8 Å². The molecule has 1 aromatic carbocycles. The third-order valence-corrected chi connectivity index (χ3v) is 6.31. The van der Waals surface area contributed by atoms with E-state index < -0.39 is 5.60 Å². The lowest BCUT2D eigenvalue weighted by atomic mass is 9.91. The molecule has 1 spiro atoms. The molecule has 2 aromatic rings. The zero-order valence-electron chi connectivity index (χ0n) is 18.3. The Bertz CT molecular complexity index is 1050. The van der Waals surface area contributed by atoms with E-state index in [1.165, 1.54) is 0 Å². The number of nitrogens with one attached hydrogen (secondary N) is 3. The van der Waals surface area contributed by atoms with Crippen LogP contribution in [0.25, 0.3) is 10.8 Å². The highest BCUT2D eigenvalue weighted by atomic mass is 16.6. The lowest BCUT2D eigenvalue weighted by Gasteiger charge is -2.34. The van der Waals surface area contributed by atoms with Gasteiger partial charge in [0.15, 0.2) is 0 Å². The number of hydrogen-bond donors (Lipinski definition) is 3. The van der Waals surface area contributed by atoms with Gasteiger partial charge in [0.2, 0.25) is 0 Å². The molecule has 4 rings (SSSR count). The summed E-state index contributed by atoms with van der Waals surface area (Å²) in [5, 5.41) is 7.12. The molecular weight excluding hydrogens is 396 g/mol. The van der Waals surface area contributed by atoms with Crippen molar-refractivity contribution in [2.24, 2.45) is 11.3 Å². The summed E-state index contributed by atoms with van der Waals surface area (Å²) in [7, 11) is 0. The number of pyridine rings is 1. The summed E-state index contributed by atoms with van der Waals surface area (Å²) in [5.74, 6) is 0.429. The molecule has 1 aliphatic carbocycles. The number of aromatic amines is 1. The predicted octanol–water partition coefficient (Wildman–Crippen LogP) is 3.69. The second-order valence-electron chi connectivity index (χ2n) is 9.67. The van der Waals surface area contributed by atoms with E-state index in [0.29, 0.717) is 36.6 Å². The highest BCUT2D eigenvalue weighted by molar-refractivity contribution is 5.93. The summed E-state index contributed by atoms with van der Waals surface area (Å²) in [6.07, 6.45) is 4.31. The summed E-state index contributed by atoms with van der Waals surface area (Å²) >= 11 is 0. The van der Waals surface area contributed by atoms with Crippen molar-refractivity contribution in [2.45, 2.75) is 45.6 Å². The molecule has 0 bridgehead atoms. The number of urea groups is 1. The number of aromatic nitrogens is 1. The second-order valence-corrected chi connectivity index (χ2v) is 9.67. The highest BCUT2D eigenvalue weighted by Gasteiger charge is 2.55. The van der Waals surface area contributed by atoms with Crippen LogP contribution in [-0.4, -0.2) is 47.2 Å². The van der Waals surface area contributed by atoms with Gasteiger partial charge >= 0.3 is 12.1 Å². The van der Waals surface area contributed by atoms with Crippen LogP contribution in [0.3, 0.4) is 0 Å². The molecule has 2 fully saturated rings. The first-order chi connectivity index (χ1) is 14.7. The van der Waals surface area contributed by atoms with Crippen LogP contribution >= 0.6 is 0 Å². The average molecular weight is 427 g/mol. The summed E-state index contributed by atoms with van der Waals surface area (Å²) in [4.78, 5) is 40.9. The lowest BCUT2D eigenvalue weighted by Crippen LogP contribution is -2.43. The van der Waals surface area contributed by atoms with E-state index in [-0.39, 0.29) is 23.1 Å². The van der Waals surface area contributed by atoms with Crippen LogP contribution in [0.15, 0.2) is 35.3 Å². The minimum atomic E-state index is -0.482. The summed E-state index contributed by atoms with van der Waals surface area (Å²) < 4.78 is 5.46. The number of hydrogen-bond acceptors (Lipinski definition) is 4. The number of carbonyl (C=O) groups is 2. The Morgan fingerprint density at radius 1 is 1.23 bits per heavy atom. The number of amides is 3. The molecule has 1 saturated heterocycles. The summed E-state index contributed by atoms with van der Waals surface area (Å²) in [6, 6.07) is 6.82. The minimum Gasteiger partial charge on any atom is -0.444 e. The standard InChI is InChI=1S/C23H30N4O4/c1-22(2,3)31-21(30)27-10-7-23(8-11-27)13-16(23)14-25-20(29)26-17-5-4-15-6-9-24-19(28)18(15)12-17/h4-6,9,12,16H,7-8,10-11,13-14H2,1-3H3,(H,24,28)(H2,25,26,29). The van der Waals surface area contributed by atoms with E-state index in [0.717, 1.165) is 24.6 Å². The maximum Gasteiger partial charge on any atom is 0.410 e. The Kier molecular flexibility index (Phi) is 5.41. The monoisotopic (exact) mass is 426 g/mol. The molecule has 31 heavy (non-hydrogen) atoms. The Morgan fingerprint density at radius 3 is 2.68 bits per heavy atom. The van der Waals surface area contributed by atoms with E-state index in [4.69, 9.17) is 4.74 Å². The Labute approximate surface area is 181 Å². The van der Waals surface area contributed by atoms with Crippen LogP contribution in [0.5, 0.6) is 0 Å². The van der Waals surface area contributed by atoms with Gasteiger partial charge in [0.25, 0.3) is 5.56 Å². The van der Waals surface area contributed by atoms with E-state index in [1.54, 1.807) is 23.2 Å². The van der Waals surface area contributed by atoms with E-state index >= 15 is 0 Å². The number of nitrogens with zero attached hydrogens (tertiary/aromatic N) is 1. The topological polar surface area (TPSA) is 104 Å². The lowest BCUT2D eigenvalue weighted by molar-refractivity contribution is 0.0166. The molecule has 2 aliphatic rings. The molecular formula is C23H30N4O4. The first-order valence-corrected chi connectivity index (χ1v) is 10.8. The molecule has 166 valence electrons. The van der Waals surface area contributed by atoms with Crippen LogP contribution in [0.2, 0.25) is 0 Å².